The molecule has 25 rings (SSSR count). The molecule has 0 aromatic carbocycles. The van der Waals surface area contributed by atoms with E-state index in [0.717, 1.165) is 98.5 Å². The third-order valence-corrected chi connectivity index (χ3v) is 38.8. The first-order chi connectivity index (χ1) is 22.5. The maximum absolute atomic E-state index is 3.14. The van der Waals surface area contributed by atoms with E-state index in [1.54, 1.807) is 6.42 Å². The smallest absolute Gasteiger partial charge is 0.0000967 e. The van der Waals surface area contributed by atoms with Crippen molar-refractivity contribution in [2.45, 2.75) is 89.5 Å². The van der Waals surface area contributed by atoms with E-state index >= 15 is 0 Å². The number of rotatable bonds is 0. The van der Waals surface area contributed by atoms with Crippen LogP contribution in [0.5, 0.6) is 0 Å². The Hall–Kier alpha value is 0. The highest BCUT2D eigenvalue weighted by atomic mass is 15.7. The molecule has 0 saturated heterocycles. The van der Waals surface area contributed by atoms with E-state index in [9.17, 15) is 0 Å². The van der Waals surface area contributed by atoms with Crippen molar-refractivity contribution >= 4 is 0 Å². The monoisotopic (exact) mass is 624 g/mol. The van der Waals surface area contributed by atoms with Crippen LogP contribution < -0.4 is 0 Å². The van der Waals surface area contributed by atoms with Crippen molar-refractivity contribution in [1.82, 2.24) is 0 Å². The van der Waals surface area contributed by atoms with Crippen LogP contribution in [0, 0.1) is 195 Å². The van der Waals surface area contributed by atoms with Crippen molar-refractivity contribution in [1.29, 1.82) is 0 Å². The molecule has 0 aromatic heterocycles. The van der Waals surface area contributed by atoms with Gasteiger partial charge in [0.2, 0.25) is 0 Å². The fourth-order valence-electron chi connectivity index (χ4n) is 45.9. The maximum atomic E-state index is 3.14. The van der Waals surface area contributed by atoms with Gasteiger partial charge in [-0.3, -0.25) is 0 Å². The van der Waals surface area contributed by atoms with E-state index in [4.69, 9.17) is 0 Å². The van der Waals surface area contributed by atoms with Gasteiger partial charge in [0.1, 0.15) is 0 Å². The summed E-state index contributed by atoms with van der Waals surface area (Å²) in [5.74, 6) is 12.1. The molecule has 0 radical (unpaired) electrons. The van der Waals surface area contributed by atoms with Gasteiger partial charge in [-0.1, -0.05) is 83.1 Å². The summed E-state index contributed by atoms with van der Waals surface area (Å²) in [7, 11) is 0. The predicted molar refractivity (Wildman–Crippen MR) is 168 cm³/mol. The molecule has 0 aliphatic heterocycles. The highest BCUT2D eigenvalue weighted by Gasteiger charge is 3.66. The van der Waals surface area contributed by atoms with E-state index in [1.807, 2.05) is 0 Å². The maximum Gasteiger partial charge on any atom is -0.0000967 e. The molecule has 48 heavy (non-hydrogen) atoms. The molecule has 0 nitrogen and oxygen atoms in total. The minimum Gasteiger partial charge on any atom is -0.0616 e. The Morgan fingerprint density at radius 1 is 0.333 bits per heavy atom. The van der Waals surface area contributed by atoms with Gasteiger partial charge in [0.15, 0.2) is 0 Å². The van der Waals surface area contributed by atoms with Crippen molar-refractivity contribution in [2.75, 3.05) is 0 Å². The van der Waals surface area contributed by atoms with Crippen molar-refractivity contribution in [3.05, 3.63) is 0 Å². The molecule has 25 saturated carbocycles. The first kappa shape index (κ1) is 20.5. The van der Waals surface area contributed by atoms with E-state index < -0.39 is 0 Å². The van der Waals surface area contributed by atoms with Gasteiger partial charge in [-0.15, -0.1) is 0 Å². The zero-order valence-electron chi connectivity index (χ0n) is 31.0. The molecule has 0 heterocycles. The highest BCUT2D eigenvalue weighted by molar-refractivity contribution is 6.10. The van der Waals surface area contributed by atoms with Crippen molar-refractivity contribution in [3.8, 4) is 0 Å². The lowest BCUT2D eigenvalue weighted by Crippen LogP contribution is -3.64. The molecule has 25 aliphatic rings. The van der Waals surface area contributed by atoms with Crippen LogP contribution in [0.3, 0.4) is 0 Å². The molecule has 0 amide bonds. The highest BCUT2D eigenvalue weighted by Crippen LogP contribution is 3.67. The number of hydrogen-bond donors (Lipinski definition) is 0. The normalized spacial score (nSPS) is 122. The second kappa shape index (κ2) is 3.04. The molecule has 25 fully saturated rings. The van der Waals surface area contributed by atoms with E-state index in [0.29, 0.717) is 48.7 Å². The molecule has 16 spiro atoms. The average molecular weight is 625 g/mol. The van der Waals surface area contributed by atoms with Gasteiger partial charge < -0.3 is 0 Å². The quantitative estimate of drug-likeness (QED) is 0.258. The van der Waals surface area contributed by atoms with Gasteiger partial charge in [-0.05, 0) is 201 Å². The lowest BCUT2D eigenvalue weighted by molar-refractivity contribution is -1.20. The molecule has 0 N–H and O–H groups in total. The fraction of sp³-hybridized carbons (Fsp3) is 1.00. The van der Waals surface area contributed by atoms with Crippen LogP contribution in [-0.4, -0.2) is 0 Å². The first-order valence-corrected chi connectivity index (χ1v) is 22.5. The van der Waals surface area contributed by atoms with Gasteiger partial charge in [0.05, 0.1) is 0 Å². The summed E-state index contributed by atoms with van der Waals surface area (Å²) in [6.45, 7) is 36.5. The van der Waals surface area contributed by atoms with Gasteiger partial charge >= 0.3 is 0 Å². The SMILES string of the molecule is CC1C2C3C4C5CC6C7C8C9C(C)C%10(C)C%11(C)C%12(C)C%13(C)C(C)(C)C%14(C)C%15(C)C%16(C)C1(C)C21C32C43C56C74C85C9%10C%116C%127C%14%13C%158C%161C21C34C56C871. The van der Waals surface area contributed by atoms with Crippen LogP contribution in [0.4, 0.5) is 0 Å². The Kier molecular flexibility index (Phi) is 1.29. The summed E-state index contributed by atoms with van der Waals surface area (Å²) >= 11 is 0. The van der Waals surface area contributed by atoms with Crippen LogP contribution in [-0.2, 0) is 0 Å². The van der Waals surface area contributed by atoms with Crippen LogP contribution >= 0.6 is 0 Å². The van der Waals surface area contributed by atoms with Crippen LogP contribution in [0.15, 0.2) is 0 Å². The molecular weight excluding hydrogens is 577 g/mol. The Bertz CT molecular complexity index is 2520. The molecule has 25 aliphatic carbocycles. The Morgan fingerprint density at radius 3 is 1.21 bits per heavy atom. The standard InChI is InChI=1S/C48H48/c1-14-18-22-20-16-13-17-21-23-19-15(2)26(6)30(10)32(12)28(8)24(3,4)27(7)31(11)29(9)25(14,5)34(18)38(22)36(20)33(16,17)37(21)39(23)35(19,26)42(30)44(32)40(27,28)43(31)41(29,34)46(38)45(36,37)47(39,42)48(43,44)46/h14-23H,13H2,1-12H3. The van der Waals surface area contributed by atoms with Crippen LogP contribution in [0.2, 0.25) is 0 Å². The molecule has 0 heteroatoms. The lowest BCUT2D eigenvalue weighted by Gasteiger charge is -3.64. The first-order valence-electron chi connectivity index (χ1n) is 22.5. The van der Waals surface area contributed by atoms with Gasteiger partial charge in [0, 0.05) is 0 Å². The molecule has 240 valence electrons. The Labute approximate surface area is 283 Å². The summed E-state index contributed by atoms with van der Waals surface area (Å²) < 4.78 is 0. The lowest BCUT2D eigenvalue weighted by atomic mass is 8.37. The van der Waals surface area contributed by atoms with Crippen molar-refractivity contribution in [2.24, 2.45) is 195 Å². The van der Waals surface area contributed by atoms with E-state index in [-0.39, 0.29) is 0 Å². The fourth-order valence-corrected chi connectivity index (χ4v) is 45.9. The average Bonchev–Trinajstić information content (AvgIpc) is 2.98. The topological polar surface area (TPSA) is 0 Å². The minimum atomic E-state index is 0.466. The summed E-state index contributed by atoms with van der Waals surface area (Å²) in [5, 5.41) is 0. The van der Waals surface area contributed by atoms with Crippen molar-refractivity contribution < 1.29 is 0 Å². The third-order valence-electron chi connectivity index (χ3n) is 38.8. The third kappa shape index (κ3) is 0.448. The Balaban J connectivity index is 0.983. The molecule has 30 atom stereocenters. The Morgan fingerprint density at radius 2 is 0.771 bits per heavy atom. The largest absolute Gasteiger partial charge is 0.0616 e. The van der Waals surface area contributed by atoms with Crippen LogP contribution in [0.25, 0.3) is 0 Å². The second-order valence-electron chi connectivity index (χ2n) is 29.4. The van der Waals surface area contributed by atoms with E-state index in [1.165, 1.54) is 47.3 Å². The predicted octanol–water partition coefficient (Wildman–Crippen LogP) is 7.78. The summed E-state index contributed by atoms with van der Waals surface area (Å²) in [6.07, 6.45) is 1.76. The summed E-state index contributed by atoms with van der Waals surface area (Å²) in [4.78, 5) is 0. The molecule has 0 aromatic rings. The summed E-state index contributed by atoms with van der Waals surface area (Å²) in [6, 6.07) is 0. The van der Waals surface area contributed by atoms with Gasteiger partial charge in [-0.25, -0.2) is 0 Å². The van der Waals surface area contributed by atoms with Crippen LogP contribution in [0.1, 0.15) is 89.5 Å². The van der Waals surface area contributed by atoms with Crippen molar-refractivity contribution in [3.63, 3.8) is 0 Å². The molecular formula is C48H48. The zero-order chi connectivity index (χ0) is 31.0. The second-order valence-corrected chi connectivity index (χ2v) is 29.4. The minimum absolute atomic E-state index is 0.466. The van der Waals surface area contributed by atoms with Gasteiger partial charge in [0.25, 0.3) is 0 Å². The zero-order valence-corrected chi connectivity index (χ0v) is 31.0. The number of hydrogen-bond acceptors (Lipinski definition) is 0. The molecule has 0 bridgehead atoms. The molecule has 30 unspecified atom stereocenters. The van der Waals surface area contributed by atoms with Gasteiger partial charge in [-0.2, -0.15) is 0 Å². The number of fused-ring (bicyclic) bond motifs is 12. The summed E-state index contributed by atoms with van der Waals surface area (Å²) in [5.41, 5.74) is 19.7. The van der Waals surface area contributed by atoms with E-state index in [2.05, 4.69) is 83.1 Å².